The Bertz CT molecular complexity index is 357. The third kappa shape index (κ3) is 4.67. The molecule has 0 fully saturated rings. The molecular formula is C10H18N3O2Si. The average molecular weight is 240 g/mol. The second kappa shape index (κ2) is 5.36. The van der Waals surface area contributed by atoms with Gasteiger partial charge < -0.3 is 4.74 Å². The molecule has 1 aromatic rings. The van der Waals surface area contributed by atoms with Gasteiger partial charge in [0.15, 0.2) is 0 Å². The Morgan fingerprint density at radius 1 is 1.56 bits per heavy atom. The SMILES string of the molecule is [CH2]C(=O)c1ncn(COCC[Si](C)(C)C)n1. The largest absolute Gasteiger partial charge is 0.359 e. The maximum atomic E-state index is 10.8. The molecule has 0 unspecified atom stereocenters. The van der Waals surface area contributed by atoms with Crippen LogP contribution in [0.15, 0.2) is 6.33 Å². The van der Waals surface area contributed by atoms with E-state index in [4.69, 9.17) is 4.74 Å². The van der Waals surface area contributed by atoms with Crippen molar-refractivity contribution in [2.24, 2.45) is 0 Å². The molecule has 0 aromatic carbocycles. The van der Waals surface area contributed by atoms with Crippen molar-refractivity contribution < 1.29 is 9.53 Å². The van der Waals surface area contributed by atoms with Crippen LogP contribution in [0, 0.1) is 6.92 Å². The van der Waals surface area contributed by atoms with E-state index in [-0.39, 0.29) is 11.6 Å². The van der Waals surface area contributed by atoms with Gasteiger partial charge in [-0.25, -0.2) is 9.67 Å². The summed E-state index contributed by atoms with van der Waals surface area (Å²) >= 11 is 0. The number of Topliss-reactive ketones (excluding diaryl/α,β-unsaturated/α-hetero) is 1. The molecule has 0 spiro atoms. The molecule has 5 nitrogen and oxygen atoms in total. The lowest BCUT2D eigenvalue weighted by Gasteiger charge is -2.15. The molecular weight excluding hydrogens is 222 g/mol. The van der Waals surface area contributed by atoms with Gasteiger partial charge in [0.05, 0.1) is 0 Å². The lowest BCUT2D eigenvalue weighted by Crippen LogP contribution is -2.22. The van der Waals surface area contributed by atoms with Gasteiger partial charge in [-0.1, -0.05) is 19.6 Å². The molecule has 1 rings (SSSR count). The van der Waals surface area contributed by atoms with Crippen molar-refractivity contribution in [3.63, 3.8) is 0 Å². The van der Waals surface area contributed by atoms with Gasteiger partial charge in [-0.05, 0) is 6.04 Å². The molecule has 0 N–H and O–H groups in total. The van der Waals surface area contributed by atoms with Crippen LogP contribution in [-0.2, 0) is 11.5 Å². The minimum absolute atomic E-state index is 0.133. The highest BCUT2D eigenvalue weighted by Gasteiger charge is 2.12. The number of rotatable bonds is 6. The minimum Gasteiger partial charge on any atom is -0.359 e. The Labute approximate surface area is 96.8 Å². The predicted octanol–water partition coefficient (Wildman–Crippen LogP) is 1.61. The molecule has 1 radical (unpaired) electrons. The van der Waals surface area contributed by atoms with Crippen LogP contribution in [0.1, 0.15) is 10.6 Å². The number of hydrogen-bond acceptors (Lipinski definition) is 4. The van der Waals surface area contributed by atoms with Gasteiger partial charge in [0, 0.05) is 21.6 Å². The fourth-order valence-corrected chi connectivity index (χ4v) is 1.78. The summed E-state index contributed by atoms with van der Waals surface area (Å²) in [4.78, 5) is 14.6. The molecule has 0 aliphatic heterocycles. The van der Waals surface area contributed by atoms with E-state index in [1.165, 1.54) is 11.0 Å². The van der Waals surface area contributed by atoms with E-state index < -0.39 is 8.07 Å². The highest BCUT2D eigenvalue weighted by molar-refractivity contribution is 6.76. The summed E-state index contributed by atoms with van der Waals surface area (Å²) in [5.74, 6) is -0.241. The molecule has 0 saturated heterocycles. The van der Waals surface area contributed by atoms with Crippen LogP contribution in [0.25, 0.3) is 0 Å². The van der Waals surface area contributed by atoms with Gasteiger partial charge in [-0.2, -0.15) is 0 Å². The molecule has 89 valence electrons. The van der Waals surface area contributed by atoms with Crippen molar-refractivity contribution in [3.05, 3.63) is 19.1 Å². The van der Waals surface area contributed by atoms with Crippen molar-refractivity contribution in [2.75, 3.05) is 6.61 Å². The van der Waals surface area contributed by atoms with E-state index in [0.717, 1.165) is 12.7 Å². The van der Waals surface area contributed by atoms with Gasteiger partial charge in [0.25, 0.3) is 0 Å². The molecule has 16 heavy (non-hydrogen) atoms. The van der Waals surface area contributed by atoms with Crippen molar-refractivity contribution in [3.8, 4) is 0 Å². The number of nitrogens with zero attached hydrogens (tertiary/aromatic N) is 3. The fourth-order valence-electron chi connectivity index (χ4n) is 1.02. The number of carbonyl (C=O) groups excluding carboxylic acids is 1. The fraction of sp³-hybridized carbons (Fsp3) is 0.600. The van der Waals surface area contributed by atoms with Crippen LogP contribution in [-0.4, -0.2) is 35.2 Å². The van der Waals surface area contributed by atoms with Crippen molar-refractivity contribution >= 4 is 13.9 Å². The maximum absolute atomic E-state index is 10.8. The second-order valence-electron chi connectivity index (χ2n) is 4.88. The maximum Gasteiger partial charge on any atom is 0.217 e. The van der Waals surface area contributed by atoms with E-state index in [2.05, 4.69) is 36.6 Å². The average Bonchev–Trinajstić information content (AvgIpc) is 2.59. The summed E-state index contributed by atoms with van der Waals surface area (Å²) in [6, 6.07) is 1.11. The van der Waals surface area contributed by atoms with Crippen molar-refractivity contribution in [1.29, 1.82) is 0 Å². The van der Waals surface area contributed by atoms with Crippen molar-refractivity contribution in [2.45, 2.75) is 32.4 Å². The molecule has 6 heteroatoms. The first-order valence-electron chi connectivity index (χ1n) is 5.22. The lowest BCUT2D eigenvalue weighted by atomic mass is 10.4. The van der Waals surface area contributed by atoms with Crippen molar-refractivity contribution in [1.82, 2.24) is 14.8 Å². The van der Waals surface area contributed by atoms with Crippen LogP contribution >= 0.6 is 0 Å². The smallest absolute Gasteiger partial charge is 0.217 e. The topological polar surface area (TPSA) is 57.0 Å². The molecule has 0 amide bonds. The zero-order chi connectivity index (χ0) is 12.2. The molecule has 0 bridgehead atoms. The third-order valence-electron chi connectivity index (χ3n) is 2.01. The molecule has 0 aliphatic rings. The summed E-state index contributed by atoms with van der Waals surface area (Å²) < 4.78 is 6.95. The first kappa shape index (κ1) is 13.1. The molecule has 1 heterocycles. The van der Waals surface area contributed by atoms with Gasteiger partial charge in [-0.15, -0.1) is 5.10 Å². The standard InChI is InChI=1S/C10H18N3O2Si/c1-9(14)10-11-7-13(12-10)8-15-5-6-16(2,3)4/h7H,1,5-6,8H2,2-4H3. The third-order valence-corrected chi connectivity index (χ3v) is 3.71. The summed E-state index contributed by atoms with van der Waals surface area (Å²) in [5, 5.41) is 3.92. The van der Waals surface area contributed by atoms with Crippen LogP contribution in [0.2, 0.25) is 25.7 Å². The number of ketones is 1. The molecule has 0 atom stereocenters. The first-order valence-corrected chi connectivity index (χ1v) is 8.93. The Morgan fingerprint density at radius 2 is 2.25 bits per heavy atom. The quantitative estimate of drug-likeness (QED) is 0.430. The monoisotopic (exact) mass is 240 g/mol. The Hall–Kier alpha value is -1.01. The molecule has 0 aliphatic carbocycles. The summed E-state index contributed by atoms with van der Waals surface area (Å²) in [7, 11) is -1.04. The lowest BCUT2D eigenvalue weighted by molar-refractivity contribution is 0.0778. The summed E-state index contributed by atoms with van der Waals surface area (Å²) in [6.07, 6.45) is 1.48. The minimum atomic E-state index is -1.04. The Balaban J connectivity index is 2.30. The molecule has 1 aromatic heterocycles. The van der Waals surface area contributed by atoms with Gasteiger partial charge >= 0.3 is 0 Å². The van der Waals surface area contributed by atoms with E-state index in [0.29, 0.717) is 6.73 Å². The van der Waals surface area contributed by atoms with Crippen LogP contribution in [0.5, 0.6) is 0 Å². The van der Waals surface area contributed by atoms with Gasteiger partial charge in [0.1, 0.15) is 13.1 Å². The second-order valence-corrected chi connectivity index (χ2v) is 10.5. The Kier molecular flexibility index (Phi) is 4.37. The van der Waals surface area contributed by atoms with Gasteiger partial charge in [0.2, 0.25) is 11.6 Å². The highest BCUT2D eigenvalue weighted by atomic mass is 28.3. The number of hydrogen-bond donors (Lipinski definition) is 0. The summed E-state index contributed by atoms with van der Waals surface area (Å²) in [5.41, 5.74) is 0. The van der Waals surface area contributed by atoms with Crippen LogP contribution < -0.4 is 0 Å². The first-order chi connectivity index (χ1) is 7.38. The van der Waals surface area contributed by atoms with E-state index in [1.54, 1.807) is 0 Å². The van der Waals surface area contributed by atoms with Gasteiger partial charge in [-0.3, -0.25) is 4.79 Å². The Morgan fingerprint density at radius 3 is 2.75 bits per heavy atom. The normalized spacial score (nSPS) is 11.8. The zero-order valence-corrected chi connectivity index (χ0v) is 11.1. The van der Waals surface area contributed by atoms with E-state index in [9.17, 15) is 4.79 Å². The van der Waals surface area contributed by atoms with E-state index >= 15 is 0 Å². The number of aromatic nitrogens is 3. The van der Waals surface area contributed by atoms with Crippen LogP contribution in [0.4, 0.5) is 0 Å². The molecule has 0 saturated carbocycles. The van der Waals surface area contributed by atoms with E-state index in [1.807, 2.05) is 0 Å². The predicted molar refractivity (Wildman–Crippen MR) is 63.8 cm³/mol. The zero-order valence-electron chi connectivity index (χ0n) is 10.1. The number of ether oxygens (including phenoxy) is 1. The summed E-state index contributed by atoms with van der Waals surface area (Å²) in [6.45, 7) is 11.2. The number of carbonyl (C=O) groups is 1. The van der Waals surface area contributed by atoms with Crippen LogP contribution in [0.3, 0.4) is 0 Å². The highest BCUT2D eigenvalue weighted by Crippen LogP contribution is 2.07.